The van der Waals surface area contributed by atoms with Crippen molar-refractivity contribution >= 4 is 34.4 Å². The summed E-state index contributed by atoms with van der Waals surface area (Å²) in [6.45, 7) is 0.182. The third-order valence-corrected chi connectivity index (χ3v) is 8.06. The number of aliphatic hydroxyl groups excluding tert-OH is 1. The molecule has 4 heterocycles. The van der Waals surface area contributed by atoms with Gasteiger partial charge in [0.05, 0.1) is 16.9 Å². The lowest BCUT2D eigenvalue weighted by Crippen LogP contribution is -2.53. The number of nitrogens with zero attached hydrogens (tertiary/aromatic N) is 2. The van der Waals surface area contributed by atoms with Crippen LogP contribution in [0.1, 0.15) is 42.6 Å². The lowest BCUT2D eigenvalue weighted by molar-refractivity contribution is -0.133. The normalized spacial score (nSPS) is 26.2. The Bertz CT molecular complexity index is 1280. The van der Waals surface area contributed by atoms with E-state index in [2.05, 4.69) is 15.6 Å². The van der Waals surface area contributed by atoms with E-state index in [4.69, 9.17) is 0 Å². The molecule has 2 aromatic rings. The average molecular weight is 498 g/mol. The molecule has 5 rings (SSSR count). The van der Waals surface area contributed by atoms with Crippen molar-refractivity contribution in [1.82, 2.24) is 25.1 Å². The number of ketones is 1. The van der Waals surface area contributed by atoms with Crippen LogP contribution in [0.3, 0.4) is 0 Å². The number of aryl methyl sites for hydroxylation is 1. The third-order valence-electron chi connectivity index (χ3n) is 8.06. The summed E-state index contributed by atoms with van der Waals surface area (Å²) >= 11 is 0. The van der Waals surface area contributed by atoms with Crippen molar-refractivity contribution in [3.63, 3.8) is 0 Å². The number of pyridine rings is 1. The summed E-state index contributed by atoms with van der Waals surface area (Å²) in [6, 6.07) is 1.47. The second-order valence-electron chi connectivity index (χ2n) is 10.2. The fraction of sp³-hybridized carbons (Fsp3) is 0.560. The first-order valence-corrected chi connectivity index (χ1v) is 12.5. The molecule has 0 bridgehead atoms. The number of carbonyl (C=O) groups is 4. The molecule has 192 valence electrons. The zero-order chi connectivity index (χ0) is 25.6. The van der Waals surface area contributed by atoms with E-state index in [1.165, 1.54) is 10.6 Å². The second-order valence-corrected chi connectivity index (χ2v) is 10.2. The number of amides is 3. The van der Waals surface area contributed by atoms with Gasteiger partial charge in [-0.1, -0.05) is 6.42 Å². The maximum Gasteiger partial charge on any atom is 0.271 e. The Morgan fingerprint density at radius 1 is 1.22 bits per heavy atom. The van der Waals surface area contributed by atoms with Gasteiger partial charge in [-0.2, -0.15) is 0 Å². The van der Waals surface area contributed by atoms with E-state index in [0.29, 0.717) is 30.4 Å². The quantitative estimate of drug-likeness (QED) is 0.411. The van der Waals surface area contributed by atoms with Crippen LogP contribution in [0.2, 0.25) is 0 Å². The van der Waals surface area contributed by atoms with E-state index < -0.39 is 36.3 Å². The van der Waals surface area contributed by atoms with Crippen LogP contribution in [0.5, 0.6) is 0 Å². The topological polar surface area (TPSA) is 154 Å². The molecule has 4 N–H and O–H groups in total. The predicted molar refractivity (Wildman–Crippen MR) is 129 cm³/mol. The molecule has 1 saturated carbocycles. The molecule has 2 saturated heterocycles. The molecule has 5 atom stereocenters. The van der Waals surface area contributed by atoms with Gasteiger partial charge in [-0.3, -0.25) is 24.0 Å². The summed E-state index contributed by atoms with van der Waals surface area (Å²) in [7, 11) is 1.64. The number of hydrogen-bond donors (Lipinski definition) is 4. The smallest absolute Gasteiger partial charge is 0.271 e. The van der Waals surface area contributed by atoms with E-state index >= 15 is 0 Å². The maximum absolute atomic E-state index is 13.6. The van der Waals surface area contributed by atoms with Crippen molar-refractivity contribution < 1.29 is 24.3 Å². The summed E-state index contributed by atoms with van der Waals surface area (Å²) < 4.78 is 1.43. The van der Waals surface area contributed by atoms with Gasteiger partial charge in [-0.15, -0.1) is 0 Å². The molecule has 3 aliphatic rings. The summed E-state index contributed by atoms with van der Waals surface area (Å²) in [4.78, 5) is 68.7. The van der Waals surface area contributed by atoms with Gasteiger partial charge in [0.25, 0.3) is 11.5 Å². The van der Waals surface area contributed by atoms with Crippen LogP contribution >= 0.6 is 0 Å². The van der Waals surface area contributed by atoms with Gasteiger partial charge in [0.1, 0.15) is 18.3 Å². The van der Waals surface area contributed by atoms with Crippen LogP contribution in [0.4, 0.5) is 0 Å². The number of hydrogen-bond acceptors (Lipinski definition) is 6. The van der Waals surface area contributed by atoms with Gasteiger partial charge in [-0.25, -0.2) is 0 Å². The first-order valence-electron chi connectivity index (χ1n) is 12.5. The number of H-pyrrole nitrogens is 1. The summed E-state index contributed by atoms with van der Waals surface area (Å²) in [5.74, 6) is -1.83. The average Bonchev–Trinajstić information content (AvgIpc) is 3.64. The van der Waals surface area contributed by atoms with Gasteiger partial charge in [0.15, 0.2) is 5.78 Å². The largest absolute Gasteiger partial charge is 0.389 e. The summed E-state index contributed by atoms with van der Waals surface area (Å²) in [5.41, 5.74) is 0.554. The number of nitrogens with one attached hydrogen (secondary N) is 3. The van der Waals surface area contributed by atoms with E-state index in [0.717, 1.165) is 19.3 Å². The Kier molecular flexibility index (Phi) is 6.42. The van der Waals surface area contributed by atoms with Crippen LogP contribution in [-0.2, 0) is 21.4 Å². The van der Waals surface area contributed by atoms with Crippen molar-refractivity contribution in [2.75, 3.05) is 19.7 Å². The molecule has 0 spiro atoms. The van der Waals surface area contributed by atoms with Gasteiger partial charge in [0, 0.05) is 32.3 Å². The van der Waals surface area contributed by atoms with Crippen molar-refractivity contribution in [1.29, 1.82) is 0 Å². The monoisotopic (exact) mass is 497 g/mol. The molecule has 2 aliphatic heterocycles. The first-order chi connectivity index (χ1) is 17.3. The predicted octanol–water partition coefficient (Wildman–Crippen LogP) is -0.320. The minimum atomic E-state index is -1.01. The maximum atomic E-state index is 13.6. The number of Topliss-reactive ketones (excluding diaryl/α,β-unsaturated/α-hetero) is 1. The van der Waals surface area contributed by atoms with Gasteiger partial charge < -0.3 is 30.2 Å². The Hall–Kier alpha value is -3.47. The van der Waals surface area contributed by atoms with E-state index in [-0.39, 0.29) is 41.3 Å². The number of rotatable bonds is 7. The highest BCUT2D eigenvalue weighted by atomic mass is 16.3. The van der Waals surface area contributed by atoms with Crippen molar-refractivity contribution in [3.05, 3.63) is 34.4 Å². The highest BCUT2D eigenvalue weighted by molar-refractivity contribution is 6.01. The highest BCUT2D eigenvalue weighted by Crippen LogP contribution is 2.43. The van der Waals surface area contributed by atoms with Crippen LogP contribution in [-0.4, -0.2) is 74.8 Å². The van der Waals surface area contributed by atoms with Crippen LogP contribution < -0.4 is 16.2 Å². The van der Waals surface area contributed by atoms with Crippen molar-refractivity contribution in [2.45, 2.75) is 44.2 Å². The van der Waals surface area contributed by atoms with Crippen LogP contribution in [0, 0.1) is 17.8 Å². The molecule has 11 heteroatoms. The number of likely N-dealkylation sites (tertiary alicyclic amines) is 1. The van der Waals surface area contributed by atoms with Gasteiger partial charge >= 0.3 is 0 Å². The Labute approximate surface area is 207 Å². The minimum absolute atomic E-state index is 0.0362. The van der Waals surface area contributed by atoms with E-state index in [1.54, 1.807) is 24.2 Å². The standard InChI is InChI=1S/C25H31N5O6/c1-29-8-6-17-16(24(29)35)10-19(27-17)25(36)30-11-14-3-2-4-15(14)21(30)23(34)28-18(20(32)12-31)9-13-5-7-26-22(13)33/h6,8,10,13-15,18,21,27,31H,2-5,7,9,11-12H2,1H3,(H,26,33)(H,28,34). The van der Waals surface area contributed by atoms with E-state index in [1.807, 2.05) is 0 Å². The Morgan fingerprint density at radius 3 is 2.75 bits per heavy atom. The molecule has 0 radical (unpaired) electrons. The zero-order valence-electron chi connectivity index (χ0n) is 20.2. The number of aliphatic hydroxyl groups is 1. The lowest BCUT2D eigenvalue weighted by atomic mass is 9.92. The fourth-order valence-electron chi connectivity index (χ4n) is 6.14. The molecule has 36 heavy (non-hydrogen) atoms. The molecule has 2 aromatic heterocycles. The zero-order valence-corrected chi connectivity index (χ0v) is 20.2. The van der Waals surface area contributed by atoms with Crippen molar-refractivity contribution in [2.24, 2.45) is 24.8 Å². The number of aromatic nitrogens is 2. The highest BCUT2D eigenvalue weighted by Gasteiger charge is 2.50. The van der Waals surface area contributed by atoms with Crippen molar-refractivity contribution in [3.8, 4) is 0 Å². The molecule has 3 amide bonds. The fourth-order valence-corrected chi connectivity index (χ4v) is 6.14. The SMILES string of the molecule is Cn1ccc2[nH]c(C(=O)N3CC4CCCC4C3C(=O)NC(CC3CCNC3=O)C(=O)CO)cc2c1=O. The Balaban J connectivity index is 1.40. The second kappa shape index (κ2) is 9.53. The van der Waals surface area contributed by atoms with Crippen LogP contribution in [0.15, 0.2) is 23.1 Å². The lowest BCUT2D eigenvalue weighted by Gasteiger charge is -2.29. The van der Waals surface area contributed by atoms with Crippen LogP contribution in [0.25, 0.3) is 10.9 Å². The third kappa shape index (κ3) is 4.21. The van der Waals surface area contributed by atoms with E-state index in [9.17, 15) is 29.1 Å². The minimum Gasteiger partial charge on any atom is -0.389 e. The first kappa shape index (κ1) is 24.2. The molecular weight excluding hydrogens is 466 g/mol. The number of aromatic amines is 1. The van der Waals surface area contributed by atoms with Gasteiger partial charge in [-0.05, 0) is 49.7 Å². The molecule has 3 fully saturated rings. The molecule has 11 nitrogen and oxygen atoms in total. The Morgan fingerprint density at radius 2 is 2.03 bits per heavy atom. The molecular formula is C25H31N5O6. The molecule has 5 unspecified atom stereocenters. The van der Waals surface area contributed by atoms with Gasteiger partial charge in [0.2, 0.25) is 11.8 Å². The number of carbonyl (C=O) groups excluding carboxylic acids is 4. The molecule has 0 aromatic carbocycles. The number of fused-ring (bicyclic) bond motifs is 2. The molecule has 1 aliphatic carbocycles. The summed E-state index contributed by atoms with van der Waals surface area (Å²) in [6.07, 6.45) is 4.95. The summed E-state index contributed by atoms with van der Waals surface area (Å²) in [5, 5.41) is 15.4.